The van der Waals surface area contributed by atoms with Gasteiger partial charge in [0.2, 0.25) is 0 Å². The zero-order valence-electron chi connectivity index (χ0n) is 15.1. The molecule has 0 N–H and O–H groups in total. The van der Waals surface area contributed by atoms with E-state index >= 15 is 0 Å². The van der Waals surface area contributed by atoms with Crippen molar-refractivity contribution in [2.24, 2.45) is 0 Å². The molecule has 0 aliphatic heterocycles. The maximum atomic E-state index is 4.88. The lowest BCUT2D eigenvalue weighted by Gasteiger charge is -2.14. The standard InChI is InChI=1S/C25H18N2/c1-17-26-24(19-12-6-3-7-13-19)22-16-20-14-8-9-15-21(20)23(25(22)27-17)18-10-4-2-5-11-18/h2-16H,1H3. The van der Waals surface area contributed by atoms with Gasteiger partial charge in [0.25, 0.3) is 0 Å². The highest BCUT2D eigenvalue weighted by atomic mass is 14.9. The number of fused-ring (bicyclic) bond motifs is 2. The summed E-state index contributed by atoms with van der Waals surface area (Å²) in [5.74, 6) is 0.786. The van der Waals surface area contributed by atoms with Crippen LogP contribution in [-0.4, -0.2) is 9.97 Å². The molecule has 0 saturated heterocycles. The topological polar surface area (TPSA) is 25.8 Å². The average Bonchev–Trinajstić information content (AvgIpc) is 2.73. The van der Waals surface area contributed by atoms with Crippen LogP contribution in [-0.2, 0) is 0 Å². The van der Waals surface area contributed by atoms with E-state index in [4.69, 9.17) is 9.97 Å². The van der Waals surface area contributed by atoms with E-state index < -0.39 is 0 Å². The third-order valence-electron chi connectivity index (χ3n) is 4.93. The Morgan fingerprint density at radius 1 is 0.593 bits per heavy atom. The van der Waals surface area contributed by atoms with Gasteiger partial charge in [0.05, 0.1) is 11.2 Å². The van der Waals surface area contributed by atoms with E-state index in [0.29, 0.717) is 0 Å². The smallest absolute Gasteiger partial charge is 0.126 e. The molecule has 0 amide bonds. The second kappa shape index (κ2) is 6.33. The summed E-state index contributed by atoms with van der Waals surface area (Å²) >= 11 is 0. The van der Waals surface area contributed by atoms with Gasteiger partial charge in [-0.15, -0.1) is 0 Å². The van der Waals surface area contributed by atoms with Crippen molar-refractivity contribution in [1.82, 2.24) is 9.97 Å². The maximum Gasteiger partial charge on any atom is 0.126 e. The third kappa shape index (κ3) is 2.67. The summed E-state index contributed by atoms with van der Waals surface area (Å²) in [7, 11) is 0. The van der Waals surface area contributed by atoms with Gasteiger partial charge in [0.1, 0.15) is 5.82 Å². The van der Waals surface area contributed by atoms with Crippen LogP contribution in [0.1, 0.15) is 5.82 Å². The van der Waals surface area contributed by atoms with Crippen molar-refractivity contribution in [3.8, 4) is 22.4 Å². The van der Waals surface area contributed by atoms with Gasteiger partial charge in [-0.05, 0) is 29.3 Å². The number of rotatable bonds is 2. The molecule has 5 aromatic rings. The lowest BCUT2D eigenvalue weighted by atomic mass is 9.93. The van der Waals surface area contributed by atoms with Gasteiger partial charge < -0.3 is 0 Å². The van der Waals surface area contributed by atoms with Crippen LogP contribution in [0.2, 0.25) is 0 Å². The molecule has 1 heterocycles. The lowest BCUT2D eigenvalue weighted by Crippen LogP contribution is -1.97. The van der Waals surface area contributed by atoms with Crippen molar-refractivity contribution in [1.29, 1.82) is 0 Å². The Hall–Kier alpha value is -3.52. The number of aromatic nitrogens is 2. The molecule has 0 saturated carbocycles. The average molecular weight is 346 g/mol. The maximum absolute atomic E-state index is 4.88. The van der Waals surface area contributed by atoms with Crippen molar-refractivity contribution in [2.75, 3.05) is 0 Å². The minimum Gasteiger partial charge on any atom is -0.233 e. The fraction of sp³-hybridized carbons (Fsp3) is 0.0400. The van der Waals surface area contributed by atoms with E-state index in [-0.39, 0.29) is 0 Å². The molecular formula is C25H18N2. The van der Waals surface area contributed by atoms with Crippen LogP contribution in [0, 0.1) is 6.92 Å². The first kappa shape index (κ1) is 15.7. The Kier molecular flexibility index (Phi) is 3.68. The van der Waals surface area contributed by atoms with Gasteiger partial charge in [-0.2, -0.15) is 0 Å². The van der Waals surface area contributed by atoms with E-state index in [0.717, 1.165) is 28.0 Å². The quantitative estimate of drug-likeness (QED) is 0.344. The molecule has 0 aliphatic carbocycles. The zero-order valence-corrected chi connectivity index (χ0v) is 15.1. The summed E-state index contributed by atoms with van der Waals surface area (Å²) in [5.41, 5.74) is 5.46. The highest BCUT2D eigenvalue weighted by Gasteiger charge is 2.15. The van der Waals surface area contributed by atoms with Crippen LogP contribution in [0.5, 0.6) is 0 Å². The first-order valence-corrected chi connectivity index (χ1v) is 9.12. The molecule has 0 fully saturated rings. The summed E-state index contributed by atoms with van der Waals surface area (Å²) in [4.78, 5) is 9.68. The minimum atomic E-state index is 0.786. The van der Waals surface area contributed by atoms with E-state index in [2.05, 4.69) is 78.9 Å². The number of hydrogen-bond donors (Lipinski definition) is 0. The Bertz CT molecular complexity index is 1260. The van der Waals surface area contributed by atoms with Gasteiger partial charge in [-0.3, -0.25) is 0 Å². The van der Waals surface area contributed by atoms with Crippen LogP contribution in [0.25, 0.3) is 44.1 Å². The van der Waals surface area contributed by atoms with Crippen molar-refractivity contribution in [3.05, 3.63) is 96.8 Å². The van der Waals surface area contributed by atoms with E-state index in [9.17, 15) is 0 Å². The van der Waals surface area contributed by atoms with Crippen LogP contribution < -0.4 is 0 Å². The van der Waals surface area contributed by atoms with Gasteiger partial charge in [-0.1, -0.05) is 84.9 Å². The molecule has 0 aliphatic rings. The summed E-state index contributed by atoms with van der Waals surface area (Å²) in [5, 5.41) is 3.51. The van der Waals surface area contributed by atoms with Gasteiger partial charge in [-0.25, -0.2) is 9.97 Å². The molecule has 2 heteroatoms. The molecule has 0 radical (unpaired) electrons. The molecule has 2 nitrogen and oxygen atoms in total. The van der Waals surface area contributed by atoms with Gasteiger partial charge >= 0.3 is 0 Å². The molecule has 1 aromatic heterocycles. The number of benzene rings is 4. The van der Waals surface area contributed by atoms with E-state index in [1.54, 1.807) is 0 Å². The predicted molar refractivity (Wildman–Crippen MR) is 113 cm³/mol. The van der Waals surface area contributed by atoms with Crippen LogP contribution >= 0.6 is 0 Å². The normalized spacial score (nSPS) is 11.1. The summed E-state index contributed by atoms with van der Waals surface area (Å²) in [6.45, 7) is 1.97. The van der Waals surface area contributed by atoms with Crippen molar-refractivity contribution >= 4 is 21.7 Å². The van der Waals surface area contributed by atoms with E-state index in [1.165, 1.54) is 21.9 Å². The fourth-order valence-electron chi connectivity index (χ4n) is 3.76. The molecule has 128 valence electrons. The summed E-state index contributed by atoms with van der Waals surface area (Å²) in [6.07, 6.45) is 0. The molecule has 4 aromatic carbocycles. The SMILES string of the molecule is Cc1nc(-c2ccccc2)c2cc3ccccc3c(-c3ccccc3)c2n1. The fourth-order valence-corrected chi connectivity index (χ4v) is 3.76. The summed E-state index contributed by atoms with van der Waals surface area (Å²) in [6, 6.07) is 31.6. The van der Waals surface area contributed by atoms with Crippen LogP contribution in [0.3, 0.4) is 0 Å². The Balaban J connectivity index is 1.98. The Labute approximate surface area is 158 Å². The number of hydrogen-bond acceptors (Lipinski definition) is 2. The molecule has 0 atom stereocenters. The second-order valence-corrected chi connectivity index (χ2v) is 6.72. The van der Waals surface area contributed by atoms with Crippen LogP contribution in [0.4, 0.5) is 0 Å². The lowest BCUT2D eigenvalue weighted by molar-refractivity contribution is 1.10. The highest BCUT2D eigenvalue weighted by Crippen LogP contribution is 2.38. The first-order valence-electron chi connectivity index (χ1n) is 9.12. The van der Waals surface area contributed by atoms with Gasteiger partial charge in [0, 0.05) is 16.5 Å². The molecule has 0 unspecified atom stereocenters. The highest BCUT2D eigenvalue weighted by molar-refractivity contribution is 6.13. The second-order valence-electron chi connectivity index (χ2n) is 6.72. The predicted octanol–water partition coefficient (Wildman–Crippen LogP) is 6.43. The first-order chi connectivity index (χ1) is 13.3. The molecule has 0 bridgehead atoms. The van der Waals surface area contributed by atoms with Gasteiger partial charge in [0.15, 0.2) is 0 Å². The number of aryl methyl sites for hydroxylation is 1. The van der Waals surface area contributed by atoms with Crippen LogP contribution in [0.15, 0.2) is 91.0 Å². The van der Waals surface area contributed by atoms with Crippen molar-refractivity contribution in [2.45, 2.75) is 6.92 Å². The van der Waals surface area contributed by atoms with E-state index in [1.807, 2.05) is 19.1 Å². The summed E-state index contributed by atoms with van der Waals surface area (Å²) < 4.78 is 0. The number of nitrogens with zero attached hydrogens (tertiary/aromatic N) is 2. The Morgan fingerprint density at radius 2 is 1.22 bits per heavy atom. The molecular weight excluding hydrogens is 328 g/mol. The third-order valence-corrected chi connectivity index (χ3v) is 4.93. The monoisotopic (exact) mass is 346 g/mol. The van der Waals surface area contributed by atoms with Crippen molar-refractivity contribution in [3.63, 3.8) is 0 Å². The zero-order chi connectivity index (χ0) is 18.2. The Morgan fingerprint density at radius 3 is 1.96 bits per heavy atom. The van der Waals surface area contributed by atoms with Crippen molar-refractivity contribution < 1.29 is 0 Å². The molecule has 27 heavy (non-hydrogen) atoms. The molecule has 0 spiro atoms. The molecule has 5 rings (SSSR count). The largest absolute Gasteiger partial charge is 0.233 e. The minimum absolute atomic E-state index is 0.786.